The van der Waals surface area contributed by atoms with Crippen LogP contribution in [0.2, 0.25) is 0 Å². The summed E-state index contributed by atoms with van der Waals surface area (Å²) in [4.78, 5) is 35.0. The molecule has 1 amide bonds. The number of carbonyl (C=O) groups excluding carboxylic acids is 2. The zero-order valence-electron chi connectivity index (χ0n) is 15.6. The van der Waals surface area contributed by atoms with E-state index >= 15 is 0 Å². The van der Waals surface area contributed by atoms with Gasteiger partial charge < -0.3 is 10.1 Å². The summed E-state index contributed by atoms with van der Waals surface area (Å²) in [6.07, 6.45) is 0.788. The lowest BCUT2D eigenvalue weighted by atomic mass is 9.86. The van der Waals surface area contributed by atoms with Crippen molar-refractivity contribution in [2.75, 3.05) is 11.9 Å². The van der Waals surface area contributed by atoms with E-state index in [0.29, 0.717) is 10.2 Å². The van der Waals surface area contributed by atoms with Crippen molar-refractivity contribution < 1.29 is 19.2 Å². The van der Waals surface area contributed by atoms with Gasteiger partial charge in [0.25, 0.3) is 11.6 Å². The molecule has 2 rings (SSSR count). The van der Waals surface area contributed by atoms with E-state index in [-0.39, 0.29) is 11.6 Å². The molecule has 0 heterocycles. The number of nitrogens with one attached hydrogen (secondary N) is 1. The van der Waals surface area contributed by atoms with Crippen molar-refractivity contribution in [1.82, 2.24) is 0 Å². The molecule has 0 saturated carbocycles. The van der Waals surface area contributed by atoms with E-state index in [2.05, 4.69) is 21.2 Å². The molecule has 1 N–H and O–H groups in total. The number of non-ortho nitro benzene ring substituents is 1. The number of nitrogens with zero attached hydrogens (tertiary/aromatic N) is 1. The van der Waals surface area contributed by atoms with Gasteiger partial charge in [-0.3, -0.25) is 19.7 Å². The normalized spacial score (nSPS) is 12.7. The van der Waals surface area contributed by atoms with Gasteiger partial charge in [0.15, 0.2) is 6.61 Å². The third-order valence-electron chi connectivity index (χ3n) is 4.41. The summed E-state index contributed by atoms with van der Waals surface area (Å²) in [7, 11) is 0. The Morgan fingerprint density at radius 2 is 1.89 bits per heavy atom. The van der Waals surface area contributed by atoms with Gasteiger partial charge in [0.2, 0.25) is 0 Å². The third kappa shape index (κ3) is 5.63. The Labute approximate surface area is 171 Å². The Bertz CT molecular complexity index is 857. The zero-order chi connectivity index (χ0) is 20.7. The molecule has 0 radical (unpaired) electrons. The first-order chi connectivity index (χ1) is 13.3. The molecule has 0 bridgehead atoms. The Balaban J connectivity index is 2.01. The van der Waals surface area contributed by atoms with Crippen molar-refractivity contribution in [2.45, 2.75) is 26.2 Å². The lowest BCUT2D eigenvalue weighted by Gasteiger charge is -2.21. The summed E-state index contributed by atoms with van der Waals surface area (Å²) in [5.41, 5.74) is 1.10. The standard InChI is InChI=1S/C20H21BrN2O5/c1-3-13(2)19(14-7-5-4-6-8-14)20(25)28-12-18(24)22-17-10-9-15(23(26)27)11-16(17)21/h4-11,13,19H,3,12H2,1-2H3,(H,22,24). The maximum Gasteiger partial charge on any atom is 0.314 e. The molecule has 7 nitrogen and oxygen atoms in total. The van der Waals surface area contributed by atoms with Crippen molar-refractivity contribution in [3.8, 4) is 0 Å². The van der Waals surface area contributed by atoms with Crippen LogP contribution in [0, 0.1) is 16.0 Å². The molecule has 0 fully saturated rings. The lowest BCUT2D eigenvalue weighted by molar-refractivity contribution is -0.384. The van der Waals surface area contributed by atoms with Gasteiger partial charge in [-0.2, -0.15) is 0 Å². The Hall–Kier alpha value is -2.74. The minimum Gasteiger partial charge on any atom is -0.455 e. The van der Waals surface area contributed by atoms with Crippen LogP contribution in [0.15, 0.2) is 53.0 Å². The van der Waals surface area contributed by atoms with E-state index in [9.17, 15) is 19.7 Å². The third-order valence-corrected chi connectivity index (χ3v) is 5.06. The number of ether oxygens (including phenoxy) is 1. The molecule has 0 aromatic heterocycles. The summed E-state index contributed by atoms with van der Waals surface area (Å²) in [6.45, 7) is 3.52. The van der Waals surface area contributed by atoms with Gasteiger partial charge in [-0.25, -0.2) is 0 Å². The van der Waals surface area contributed by atoms with Crippen LogP contribution >= 0.6 is 15.9 Å². The van der Waals surface area contributed by atoms with Gasteiger partial charge in [-0.05, 0) is 33.5 Å². The second-order valence-electron chi connectivity index (χ2n) is 6.35. The van der Waals surface area contributed by atoms with E-state index in [0.717, 1.165) is 12.0 Å². The lowest BCUT2D eigenvalue weighted by Crippen LogP contribution is -2.27. The topological polar surface area (TPSA) is 98.5 Å². The summed E-state index contributed by atoms with van der Waals surface area (Å²) in [6, 6.07) is 13.3. The number of esters is 1. The first-order valence-electron chi connectivity index (χ1n) is 8.78. The van der Waals surface area contributed by atoms with Gasteiger partial charge in [0.05, 0.1) is 16.5 Å². The average molecular weight is 449 g/mol. The molecule has 2 aromatic rings. The highest BCUT2D eigenvalue weighted by molar-refractivity contribution is 9.10. The molecule has 2 aromatic carbocycles. The van der Waals surface area contributed by atoms with Crippen LogP contribution in [-0.2, 0) is 14.3 Å². The average Bonchev–Trinajstić information content (AvgIpc) is 2.68. The number of nitro groups is 1. The fourth-order valence-corrected chi connectivity index (χ4v) is 3.19. The molecule has 2 atom stereocenters. The molecular formula is C20H21BrN2O5. The van der Waals surface area contributed by atoms with E-state index in [1.807, 2.05) is 44.2 Å². The monoisotopic (exact) mass is 448 g/mol. The maximum absolute atomic E-state index is 12.6. The van der Waals surface area contributed by atoms with E-state index in [1.54, 1.807) is 0 Å². The molecule has 0 aliphatic rings. The number of carbonyl (C=O) groups is 2. The molecule has 0 aliphatic heterocycles. The smallest absolute Gasteiger partial charge is 0.314 e. The number of anilines is 1. The first-order valence-corrected chi connectivity index (χ1v) is 9.58. The van der Waals surface area contributed by atoms with Crippen LogP contribution in [-0.4, -0.2) is 23.4 Å². The summed E-state index contributed by atoms with van der Waals surface area (Å²) in [5, 5.41) is 13.3. The summed E-state index contributed by atoms with van der Waals surface area (Å²) < 4.78 is 5.61. The van der Waals surface area contributed by atoms with Crippen molar-refractivity contribution in [3.63, 3.8) is 0 Å². The number of benzene rings is 2. The highest BCUT2D eigenvalue weighted by atomic mass is 79.9. The zero-order valence-corrected chi connectivity index (χ0v) is 17.1. The van der Waals surface area contributed by atoms with Crippen LogP contribution in [0.5, 0.6) is 0 Å². The van der Waals surface area contributed by atoms with Crippen LogP contribution in [0.4, 0.5) is 11.4 Å². The SMILES string of the molecule is CCC(C)C(C(=O)OCC(=O)Nc1ccc([N+](=O)[O-])cc1Br)c1ccccc1. The van der Waals surface area contributed by atoms with Crippen molar-refractivity contribution >= 4 is 39.2 Å². The molecule has 0 saturated heterocycles. The number of rotatable bonds is 8. The summed E-state index contributed by atoms with van der Waals surface area (Å²) >= 11 is 3.18. The van der Waals surface area contributed by atoms with Gasteiger partial charge in [0, 0.05) is 16.6 Å². The molecule has 148 valence electrons. The molecule has 0 spiro atoms. The van der Waals surface area contributed by atoms with Crippen LogP contribution in [0.3, 0.4) is 0 Å². The fourth-order valence-electron chi connectivity index (χ4n) is 2.72. The second kappa shape index (κ2) is 9.98. The van der Waals surface area contributed by atoms with Crippen molar-refractivity contribution in [1.29, 1.82) is 0 Å². The molecule has 2 unspecified atom stereocenters. The predicted molar refractivity (Wildman–Crippen MR) is 109 cm³/mol. The Morgan fingerprint density at radius 1 is 1.21 bits per heavy atom. The largest absolute Gasteiger partial charge is 0.455 e. The van der Waals surface area contributed by atoms with Crippen LogP contribution in [0.25, 0.3) is 0 Å². The van der Waals surface area contributed by atoms with E-state index in [4.69, 9.17) is 4.74 Å². The van der Waals surface area contributed by atoms with Crippen molar-refractivity contribution in [3.05, 3.63) is 68.7 Å². The number of hydrogen-bond acceptors (Lipinski definition) is 5. The van der Waals surface area contributed by atoms with Crippen LogP contribution < -0.4 is 5.32 Å². The minimum atomic E-state index is -0.531. The fraction of sp³-hybridized carbons (Fsp3) is 0.300. The number of hydrogen-bond donors (Lipinski definition) is 1. The van der Waals surface area contributed by atoms with E-state index in [1.165, 1.54) is 18.2 Å². The highest BCUT2D eigenvalue weighted by Crippen LogP contribution is 2.29. The minimum absolute atomic E-state index is 0.0572. The second-order valence-corrected chi connectivity index (χ2v) is 7.21. The number of halogens is 1. The van der Waals surface area contributed by atoms with Gasteiger partial charge in [-0.1, -0.05) is 50.6 Å². The van der Waals surface area contributed by atoms with Crippen molar-refractivity contribution in [2.24, 2.45) is 5.92 Å². The Morgan fingerprint density at radius 3 is 2.46 bits per heavy atom. The molecular weight excluding hydrogens is 428 g/mol. The molecule has 28 heavy (non-hydrogen) atoms. The molecule has 0 aliphatic carbocycles. The van der Waals surface area contributed by atoms with Gasteiger partial charge in [0.1, 0.15) is 0 Å². The van der Waals surface area contributed by atoms with Crippen LogP contribution in [0.1, 0.15) is 31.7 Å². The van der Waals surface area contributed by atoms with Gasteiger partial charge in [-0.15, -0.1) is 0 Å². The van der Waals surface area contributed by atoms with E-state index < -0.39 is 29.3 Å². The number of nitro benzene ring substituents is 1. The first kappa shape index (κ1) is 21.6. The van der Waals surface area contributed by atoms with Gasteiger partial charge >= 0.3 is 5.97 Å². The molecule has 8 heteroatoms. The predicted octanol–water partition coefficient (Wildman–Crippen LogP) is 4.67. The Kier molecular flexibility index (Phi) is 7.69. The highest BCUT2D eigenvalue weighted by Gasteiger charge is 2.27. The summed E-state index contributed by atoms with van der Waals surface area (Å²) in [5.74, 6) is -1.38. The maximum atomic E-state index is 12.6. The number of amides is 1. The quantitative estimate of drug-likeness (QED) is 0.359.